The molecule has 0 atom stereocenters. The van der Waals surface area contributed by atoms with Crippen LogP contribution in [-0.2, 0) is 10.0 Å². The molecule has 1 aromatic heterocycles. The summed E-state index contributed by atoms with van der Waals surface area (Å²) in [4.78, 5) is 0.120. The lowest BCUT2D eigenvalue weighted by Crippen LogP contribution is -2.26. The molecule has 0 fully saturated rings. The van der Waals surface area contributed by atoms with Crippen LogP contribution in [0.1, 0.15) is 18.9 Å². The van der Waals surface area contributed by atoms with Crippen LogP contribution in [0.25, 0.3) is 10.9 Å². The fourth-order valence-electron chi connectivity index (χ4n) is 2.76. The number of hydrogen-bond acceptors (Lipinski definition) is 4. The Labute approximate surface area is 155 Å². The molecule has 0 radical (unpaired) electrons. The zero-order valence-electron chi connectivity index (χ0n) is 14.5. The van der Waals surface area contributed by atoms with Crippen molar-refractivity contribution < 1.29 is 12.8 Å². The third kappa shape index (κ3) is 3.54. The number of hydrogen-bond donors (Lipinski definition) is 3. The van der Waals surface area contributed by atoms with Gasteiger partial charge < -0.3 is 5.73 Å². The number of aromatic nitrogens is 1. The van der Waals surface area contributed by atoms with Crippen molar-refractivity contribution >= 4 is 32.6 Å². The molecule has 0 saturated carbocycles. The molecule has 2 aromatic carbocycles. The molecule has 0 aliphatic heterocycles. The number of rotatable bonds is 5. The van der Waals surface area contributed by atoms with Gasteiger partial charge in [-0.1, -0.05) is 25.1 Å². The first-order chi connectivity index (χ1) is 12.8. The van der Waals surface area contributed by atoms with E-state index in [1.165, 1.54) is 36.5 Å². The predicted molar refractivity (Wildman–Crippen MR) is 103 cm³/mol. The van der Waals surface area contributed by atoms with E-state index in [1.807, 2.05) is 6.92 Å². The van der Waals surface area contributed by atoms with Crippen molar-refractivity contribution in [2.75, 3.05) is 0 Å². The molecule has 3 rings (SSSR count). The van der Waals surface area contributed by atoms with Crippen LogP contribution in [0.5, 0.6) is 0 Å². The number of halogens is 1. The molecule has 3 aromatic rings. The zero-order valence-corrected chi connectivity index (χ0v) is 15.3. The Hall–Kier alpha value is -3.20. The quantitative estimate of drug-likeness (QED) is 0.355. The number of nitrogens with zero attached hydrogens (tertiary/aromatic N) is 2. The third-order valence-corrected chi connectivity index (χ3v) is 5.68. The van der Waals surface area contributed by atoms with Crippen molar-refractivity contribution in [3.05, 3.63) is 66.1 Å². The van der Waals surface area contributed by atoms with Crippen molar-refractivity contribution in [3.8, 4) is 0 Å². The smallest absolute Gasteiger partial charge is 0.268 e. The van der Waals surface area contributed by atoms with E-state index in [4.69, 9.17) is 11.1 Å². The summed E-state index contributed by atoms with van der Waals surface area (Å²) in [6, 6.07) is 11.9. The molecule has 0 amide bonds. The van der Waals surface area contributed by atoms with Gasteiger partial charge in [-0.15, -0.1) is 0 Å². The lowest BCUT2D eigenvalue weighted by Gasteiger charge is -2.07. The Bertz CT molecular complexity index is 1140. The number of benzene rings is 2. The number of nitrogens with one attached hydrogen (secondary N) is 2. The van der Waals surface area contributed by atoms with Crippen LogP contribution in [0, 0.1) is 11.2 Å². The van der Waals surface area contributed by atoms with Crippen molar-refractivity contribution in [1.82, 2.24) is 9.40 Å². The van der Waals surface area contributed by atoms with E-state index in [2.05, 4.69) is 10.5 Å². The van der Waals surface area contributed by atoms with E-state index in [0.29, 0.717) is 28.6 Å². The van der Waals surface area contributed by atoms with Crippen LogP contribution < -0.4 is 11.2 Å². The van der Waals surface area contributed by atoms with Gasteiger partial charge in [0.2, 0.25) is 5.96 Å². The summed E-state index contributed by atoms with van der Waals surface area (Å²) in [5.74, 6) is -0.846. The number of hydrazone groups is 1. The standard InChI is InChI=1S/C18H18FN5O2S/c1-2-16(22-23-18(20)21)15-11-24(17-9-8-12(19)10-14(15)17)27(25,26)13-6-4-3-5-7-13/h3-11H,2H2,1H3,(H4,20,21,23). The predicted octanol–water partition coefficient (Wildman–Crippen LogP) is 2.61. The highest BCUT2D eigenvalue weighted by Gasteiger charge is 2.23. The van der Waals surface area contributed by atoms with Gasteiger partial charge in [-0.25, -0.2) is 22.2 Å². The lowest BCUT2D eigenvalue weighted by molar-refractivity contribution is 0.589. The molecule has 0 unspecified atom stereocenters. The molecule has 27 heavy (non-hydrogen) atoms. The van der Waals surface area contributed by atoms with E-state index < -0.39 is 15.8 Å². The first kappa shape index (κ1) is 18.6. The van der Waals surface area contributed by atoms with Crippen LogP contribution in [0.3, 0.4) is 0 Å². The van der Waals surface area contributed by atoms with Crippen molar-refractivity contribution in [2.24, 2.45) is 10.8 Å². The van der Waals surface area contributed by atoms with E-state index in [-0.39, 0.29) is 10.9 Å². The first-order valence-corrected chi connectivity index (χ1v) is 9.56. The van der Waals surface area contributed by atoms with Gasteiger partial charge in [-0.2, -0.15) is 5.10 Å². The maximum atomic E-state index is 13.9. The number of nitrogens with two attached hydrogens (primary N) is 1. The number of fused-ring (bicyclic) bond motifs is 1. The van der Waals surface area contributed by atoms with E-state index in [1.54, 1.807) is 18.2 Å². The van der Waals surface area contributed by atoms with Crippen molar-refractivity contribution in [1.29, 1.82) is 5.41 Å². The molecule has 1 heterocycles. The lowest BCUT2D eigenvalue weighted by atomic mass is 10.1. The van der Waals surface area contributed by atoms with E-state index >= 15 is 0 Å². The van der Waals surface area contributed by atoms with Crippen LogP contribution in [0.4, 0.5) is 4.39 Å². The molecular weight excluding hydrogens is 369 g/mol. The van der Waals surface area contributed by atoms with Gasteiger partial charge in [0.1, 0.15) is 5.82 Å². The average Bonchev–Trinajstić information content (AvgIpc) is 3.02. The van der Waals surface area contributed by atoms with Gasteiger partial charge in [0, 0.05) is 17.1 Å². The Morgan fingerprint density at radius 2 is 1.96 bits per heavy atom. The summed E-state index contributed by atoms with van der Waals surface area (Å²) in [5, 5.41) is 11.7. The molecule has 0 saturated heterocycles. The molecule has 4 N–H and O–H groups in total. The summed E-state index contributed by atoms with van der Waals surface area (Å²) < 4.78 is 41.1. The zero-order chi connectivity index (χ0) is 19.6. The van der Waals surface area contributed by atoms with Crippen LogP contribution >= 0.6 is 0 Å². The minimum Gasteiger partial charge on any atom is -0.369 e. The maximum absolute atomic E-state index is 13.9. The van der Waals surface area contributed by atoms with E-state index in [9.17, 15) is 12.8 Å². The second-order valence-electron chi connectivity index (χ2n) is 5.76. The summed E-state index contributed by atoms with van der Waals surface area (Å²) in [7, 11) is -3.88. The normalized spacial score (nSPS) is 12.3. The van der Waals surface area contributed by atoms with Gasteiger partial charge in [0.25, 0.3) is 10.0 Å². The Balaban J connectivity index is 2.27. The van der Waals surface area contributed by atoms with Crippen molar-refractivity contribution in [3.63, 3.8) is 0 Å². The topological polar surface area (TPSA) is 113 Å². The van der Waals surface area contributed by atoms with Crippen LogP contribution in [0.15, 0.2) is 64.7 Å². The van der Waals surface area contributed by atoms with Gasteiger partial charge in [0.05, 0.1) is 16.1 Å². The molecule has 0 spiro atoms. The molecule has 7 nitrogen and oxygen atoms in total. The van der Waals surface area contributed by atoms with E-state index in [0.717, 1.165) is 3.97 Å². The van der Waals surface area contributed by atoms with Gasteiger partial charge >= 0.3 is 0 Å². The average molecular weight is 387 g/mol. The highest BCUT2D eigenvalue weighted by atomic mass is 32.2. The van der Waals surface area contributed by atoms with Crippen molar-refractivity contribution in [2.45, 2.75) is 18.2 Å². The molecule has 0 bridgehead atoms. The largest absolute Gasteiger partial charge is 0.369 e. The molecule has 0 aliphatic rings. The Morgan fingerprint density at radius 1 is 1.26 bits per heavy atom. The molecule has 140 valence electrons. The minimum atomic E-state index is -3.88. The van der Waals surface area contributed by atoms with Gasteiger partial charge in [-0.05, 0) is 36.8 Å². The monoisotopic (exact) mass is 387 g/mol. The van der Waals surface area contributed by atoms with Gasteiger partial charge in [-0.3, -0.25) is 5.41 Å². The second-order valence-corrected chi connectivity index (χ2v) is 7.57. The summed E-state index contributed by atoms with van der Waals surface area (Å²) in [6.45, 7) is 1.81. The fourth-order valence-corrected chi connectivity index (χ4v) is 4.16. The SMILES string of the molecule is CCC(=NNC(=N)N)c1cn(S(=O)(=O)c2ccccc2)c2ccc(F)cc12. The highest BCUT2D eigenvalue weighted by molar-refractivity contribution is 7.90. The van der Waals surface area contributed by atoms with Crippen LogP contribution in [-0.4, -0.2) is 24.1 Å². The summed E-state index contributed by atoms with van der Waals surface area (Å²) in [5.41, 5.74) is 8.84. The maximum Gasteiger partial charge on any atom is 0.268 e. The Morgan fingerprint density at radius 3 is 2.59 bits per heavy atom. The Kier molecular flexibility index (Phi) is 4.95. The molecule has 0 aliphatic carbocycles. The minimum absolute atomic E-state index is 0.120. The highest BCUT2D eigenvalue weighted by Crippen LogP contribution is 2.28. The second kappa shape index (κ2) is 7.20. The first-order valence-electron chi connectivity index (χ1n) is 8.12. The summed E-state index contributed by atoms with van der Waals surface area (Å²) in [6.07, 6.45) is 1.83. The third-order valence-electron chi connectivity index (χ3n) is 3.99. The number of guanidine groups is 1. The molecule has 9 heteroatoms. The summed E-state index contributed by atoms with van der Waals surface area (Å²) >= 11 is 0. The fraction of sp³-hybridized carbons (Fsp3) is 0.111. The molecular formula is C18H18FN5O2S. The van der Waals surface area contributed by atoms with Crippen LogP contribution in [0.2, 0.25) is 0 Å². The van der Waals surface area contributed by atoms with Gasteiger partial charge in [0.15, 0.2) is 0 Å².